The number of aromatic nitrogens is 1. The summed E-state index contributed by atoms with van der Waals surface area (Å²) in [7, 11) is 0. The molecule has 0 aliphatic carbocycles. The molecule has 1 N–H and O–H groups in total. The molecule has 0 spiro atoms. The Balaban J connectivity index is 2.39. The number of carbonyl (C=O) groups is 1. The fourth-order valence-corrected chi connectivity index (χ4v) is 1.85. The maximum absolute atomic E-state index is 10.8. The van der Waals surface area contributed by atoms with Crippen LogP contribution in [0.5, 0.6) is 0 Å². The van der Waals surface area contributed by atoms with Gasteiger partial charge in [-0.1, -0.05) is 31.2 Å². The van der Waals surface area contributed by atoms with Crippen LogP contribution < -0.4 is 0 Å². The number of rotatable bonds is 4. The van der Waals surface area contributed by atoms with E-state index in [2.05, 4.69) is 11.9 Å². The highest BCUT2D eigenvalue weighted by Crippen LogP contribution is 2.24. The van der Waals surface area contributed by atoms with Crippen molar-refractivity contribution in [2.75, 3.05) is 0 Å². The van der Waals surface area contributed by atoms with E-state index in [0.29, 0.717) is 17.3 Å². The Morgan fingerprint density at radius 1 is 1.33 bits per heavy atom. The Hall–Kier alpha value is -2.10. The average Bonchev–Trinajstić information content (AvgIpc) is 2.69. The van der Waals surface area contributed by atoms with Crippen molar-refractivity contribution in [1.29, 1.82) is 0 Å². The van der Waals surface area contributed by atoms with Crippen molar-refractivity contribution in [3.63, 3.8) is 0 Å². The third-order valence-corrected chi connectivity index (χ3v) is 2.75. The number of carboxylic acid groups (broad SMARTS) is 1. The summed E-state index contributed by atoms with van der Waals surface area (Å²) in [6.45, 7) is 3.81. The van der Waals surface area contributed by atoms with Crippen LogP contribution in [0.25, 0.3) is 11.3 Å². The molecule has 2 aromatic rings. The van der Waals surface area contributed by atoms with Crippen molar-refractivity contribution in [2.45, 2.75) is 26.7 Å². The smallest absolute Gasteiger partial charge is 0.311 e. The average molecular weight is 245 g/mol. The predicted octanol–water partition coefficient (Wildman–Crippen LogP) is 2.84. The molecule has 0 bridgehead atoms. The summed E-state index contributed by atoms with van der Waals surface area (Å²) in [5.41, 5.74) is 2.75. The highest BCUT2D eigenvalue weighted by atomic mass is 16.4. The van der Waals surface area contributed by atoms with E-state index in [1.54, 1.807) is 6.92 Å². The second kappa shape index (κ2) is 5.04. The highest BCUT2D eigenvalue weighted by Gasteiger charge is 2.15. The number of aryl methyl sites for hydroxylation is 2. The van der Waals surface area contributed by atoms with E-state index in [-0.39, 0.29) is 6.42 Å². The third-order valence-electron chi connectivity index (χ3n) is 2.75. The molecular formula is C14H15NO3. The maximum atomic E-state index is 10.8. The van der Waals surface area contributed by atoms with Gasteiger partial charge in [0.25, 0.3) is 0 Å². The molecule has 0 atom stereocenters. The first kappa shape index (κ1) is 12.4. The molecule has 0 amide bonds. The van der Waals surface area contributed by atoms with Gasteiger partial charge >= 0.3 is 5.97 Å². The molecule has 2 rings (SSSR count). The molecule has 1 aromatic heterocycles. The zero-order valence-electron chi connectivity index (χ0n) is 10.4. The third kappa shape index (κ3) is 2.59. The lowest BCUT2D eigenvalue weighted by Crippen LogP contribution is -2.00. The first-order valence-electron chi connectivity index (χ1n) is 5.87. The molecule has 94 valence electrons. The summed E-state index contributed by atoms with van der Waals surface area (Å²) in [6.07, 6.45) is 0.825. The number of hydrogen-bond donors (Lipinski definition) is 1. The van der Waals surface area contributed by atoms with Crippen LogP contribution >= 0.6 is 0 Å². The van der Waals surface area contributed by atoms with Crippen LogP contribution in [0.3, 0.4) is 0 Å². The summed E-state index contributed by atoms with van der Waals surface area (Å²) < 4.78 is 5.34. The minimum atomic E-state index is -0.919. The lowest BCUT2D eigenvalue weighted by Gasteiger charge is -2.01. The fraction of sp³-hybridized carbons (Fsp3) is 0.286. The normalized spacial score (nSPS) is 10.6. The Labute approximate surface area is 105 Å². The fourth-order valence-electron chi connectivity index (χ4n) is 1.85. The molecule has 0 saturated carbocycles. The van der Waals surface area contributed by atoms with Gasteiger partial charge in [0.1, 0.15) is 17.9 Å². The summed E-state index contributed by atoms with van der Waals surface area (Å²) >= 11 is 0. The number of benzene rings is 1. The van der Waals surface area contributed by atoms with Gasteiger partial charge in [-0.05, 0) is 12.0 Å². The van der Waals surface area contributed by atoms with E-state index in [9.17, 15) is 4.79 Å². The van der Waals surface area contributed by atoms with Gasteiger partial charge in [0.2, 0.25) is 0 Å². The van der Waals surface area contributed by atoms with Gasteiger partial charge in [-0.3, -0.25) is 4.79 Å². The molecule has 0 aliphatic heterocycles. The molecule has 4 heteroatoms. The van der Waals surface area contributed by atoms with Crippen molar-refractivity contribution >= 4 is 5.97 Å². The molecule has 1 heterocycles. The van der Waals surface area contributed by atoms with E-state index < -0.39 is 5.97 Å². The molecule has 0 saturated heterocycles. The molecule has 0 aliphatic rings. The number of aliphatic carboxylic acids is 1. The molecule has 1 aromatic carbocycles. The first-order valence-corrected chi connectivity index (χ1v) is 5.87. The van der Waals surface area contributed by atoms with Crippen LogP contribution in [-0.2, 0) is 17.6 Å². The largest absolute Gasteiger partial charge is 0.481 e. The maximum Gasteiger partial charge on any atom is 0.311 e. The molecule has 0 radical (unpaired) electrons. The lowest BCUT2D eigenvalue weighted by atomic mass is 10.1. The van der Waals surface area contributed by atoms with Crippen molar-refractivity contribution in [1.82, 2.24) is 4.98 Å². The number of hydrogen-bond acceptors (Lipinski definition) is 3. The molecule has 18 heavy (non-hydrogen) atoms. The van der Waals surface area contributed by atoms with Crippen LogP contribution in [0.2, 0.25) is 0 Å². The van der Waals surface area contributed by atoms with Crippen LogP contribution in [0, 0.1) is 6.92 Å². The van der Waals surface area contributed by atoms with Gasteiger partial charge in [0.15, 0.2) is 5.89 Å². The summed E-state index contributed by atoms with van der Waals surface area (Å²) in [5.74, 6) is -0.0253. The van der Waals surface area contributed by atoms with E-state index in [1.807, 2.05) is 24.3 Å². The van der Waals surface area contributed by atoms with Gasteiger partial charge in [-0.2, -0.15) is 0 Å². The quantitative estimate of drug-likeness (QED) is 0.899. The summed E-state index contributed by atoms with van der Waals surface area (Å²) in [4.78, 5) is 15.0. The summed E-state index contributed by atoms with van der Waals surface area (Å²) in [5, 5.41) is 8.84. The zero-order chi connectivity index (χ0) is 13.1. The number of oxazole rings is 1. The van der Waals surface area contributed by atoms with Crippen molar-refractivity contribution in [3.05, 3.63) is 41.5 Å². The Kier molecular flexibility index (Phi) is 3.46. The Bertz CT molecular complexity index is 555. The van der Waals surface area contributed by atoms with Crippen molar-refractivity contribution in [3.8, 4) is 11.3 Å². The van der Waals surface area contributed by atoms with E-state index >= 15 is 0 Å². The topological polar surface area (TPSA) is 63.3 Å². The second-order valence-corrected chi connectivity index (χ2v) is 4.13. The monoisotopic (exact) mass is 245 g/mol. The zero-order valence-corrected chi connectivity index (χ0v) is 10.4. The molecular weight excluding hydrogens is 230 g/mol. The molecule has 0 fully saturated rings. The minimum Gasteiger partial charge on any atom is -0.481 e. The van der Waals surface area contributed by atoms with E-state index in [0.717, 1.165) is 12.0 Å². The molecule has 4 nitrogen and oxygen atoms in total. The lowest BCUT2D eigenvalue weighted by molar-refractivity contribution is -0.136. The van der Waals surface area contributed by atoms with Crippen molar-refractivity contribution < 1.29 is 14.3 Å². The number of carboxylic acids is 1. The van der Waals surface area contributed by atoms with Crippen molar-refractivity contribution in [2.24, 2.45) is 0 Å². The Morgan fingerprint density at radius 3 is 2.56 bits per heavy atom. The predicted molar refractivity (Wildman–Crippen MR) is 67.4 cm³/mol. The number of nitrogens with zero attached hydrogens (tertiary/aromatic N) is 1. The highest BCUT2D eigenvalue weighted by molar-refractivity contribution is 5.73. The van der Waals surface area contributed by atoms with Crippen LogP contribution in [0.4, 0.5) is 0 Å². The van der Waals surface area contributed by atoms with Crippen LogP contribution in [-0.4, -0.2) is 16.1 Å². The minimum absolute atomic E-state index is 0.147. The second-order valence-electron chi connectivity index (χ2n) is 4.13. The molecule has 0 unspecified atom stereocenters. The van der Waals surface area contributed by atoms with Crippen LogP contribution in [0.1, 0.15) is 24.1 Å². The standard InChI is InChI=1S/C14H15NO3/c1-3-10-4-6-11(7-5-10)14-12(8-13(16)17)18-9(2)15-14/h4-7H,3,8H2,1-2H3,(H,16,17). The van der Waals surface area contributed by atoms with Crippen LogP contribution in [0.15, 0.2) is 28.7 Å². The Morgan fingerprint density at radius 2 is 2.00 bits per heavy atom. The van der Waals surface area contributed by atoms with E-state index in [4.69, 9.17) is 9.52 Å². The summed E-state index contributed by atoms with van der Waals surface area (Å²) in [6, 6.07) is 7.93. The van der Waals surface area contributed by atoms with E-state index in [1.165, 1.54) is 5.56 Å². The van der Waals surface area contributed by atoms with Gasteiger partial charge < -0.3 is 9.52 Å². The van der Waals surface area contributed by atoms with Gasteiger partial charge in [-0.15, -0.1) is 0 Å². The van der Waals surface area contributed by atoms with Gasteiger partial charge in [-0.25, -0.2) is 4.98 Å². The van der Waals surface area contributed by atoms with Gasteiger partial charge in [0.05, 0.1) is 0 Å². The first-order chi connectivity index (χ1) is 8.60. The van der Waals surface area contributed by atoms with Gasteiger partial charge in [0, 0.05) is 12.5 Å². The SMILES string of the molecule is CCc1ccc(-c2nc(C)oc2CC(=O)O)cc1.